The highest BCUT2D eigenvalue weighted by molar-refractivity contribution is 4.74. The summed E-state index contributed by atoms with van der Waals surface area (Å²) in [6.07, 6.45) is 0.0233. The highest BCUT2D eigenvalue weighted by Gasteiger charge is 2.36. The molecule has 1 saturated heterocycles. The van der Waals surface area contributed by atoms with Crippen molar-refractivity contribution in [2.24, 2.45) is 5.73 Å². The first-order valence-electron chi connectivity index (χ1n) is 3.71. The maximum Gasteiger partial charge on any atom is 0.189 e. The molecule has 66 valence electrons. The fourth-order valence-corrected chi connectivity index (χ4v) is 1.14. The van der Waals surface area contributed by atoms with Crippen molar-refractivity contribution in [3.8, 4) is 0 Å². The van der Waals surface area contributed by atoms with Gasteiger partial charge in [0.15, 0.2) is 5.79 Å². The lowest BCUT2D eigenvalue weighted by atomic mass is 10.3. The molecule has 2 N–H and O–H groups in total. The minimum atomic E-state index is -0.585. The van der Waals surface area contributed by atoms with Gasteiger partial charge >= 0.3 is 0 Å². The number of rotatable bonds is 3. The number of ether oxygens (including phenoxy) is 3. The standard InChI is InChI=1S/C7H15NO3/c1-7(5-9-2)10-4-6(3-8)11-7/h6H,3-5,8H2,1-2H3. The van der Waals surface area contributed by atoms with E-state index in [1.807, 2.05) is 6.92 Å². The van der Waals surface area contributed by atoms with Gasteiger partial charge in [0.25, 0.3) is 0 Å². The van der Waals surface area contributed by atoms with E-state index in [0.717, 1.165) is 0 Å². The molecule has 0 bridgehead atoms. The first-order valence-corrected chi connectivity index (χ1v) is 3.71. The van der Waals surface area contributed by atoms with E-state index in [2.05, 4.69) is 0 Å². The smallest absolute Gasteiger partial charge is 0.189 e. The van der Waals surface area contributed by atoms with Crippen LogP contribution >= 0.6 is 0 Å². The molecule has 0 radical (unpaired) electrons. The van der Waals surface area contributed by atoms with Crippen LogP contribution in [0.2, 0.25) is 0 Å². The number of nitrogens with two attached hydrogens (primary N) is 1. The molecule has 11 heavy (non-hydrogen) atoms. The van der Waals surface area contributed by atoms with Crippen LogP contribution in [0.3, 0.4) is 0 Å². The van der Waals surface area contributed by atoms with Crippen molar-refractivity contribution in [3.05, 3.63) is 0 Å². The molecule has 1 rings (SSSR count). The van der Waals surface area contributed by atoms with Crippen molar-refractivity contribution >= 4 is 0 Å². The van der Waals surface area contributed by atoms with Crippen molar-refractivity contribution in [2.45, 2.75) is 18.8 Å². The van der Waals surface area contributed by atoms with Crippen LogP contribution in [0.1, 0.15) is 6.92 Å². The third-order valence-corrected chi connectivity index (χ3v) is 1.66. The molecular weight excluding hydrogens is 146 g/mol. The van der Waals surface area contributed by atoms with E-state index in [4.69, 9.17) is 19.9 Å². The van der Waals surface area contributed by atoms with Gasteiger partial charge in [-0.3, -0.25) is 0 Å². The number of hydrogen-bond donors (Lipinski definition) is 1. The molecule has 0 spiro atoms. The zero-order valence-corrected chi connectivity index (χ0v) is 7.00. The molecule has 0 aromatic carbocycles. The normalized spacial score (nSPS) is 37.9. The molecular formula is C7H15NO3. The Balaban J connectivity index is 2.37. The summed E-state index contributed by atoms with van der Waals surface area (Å²) in [7, 11) is 1.62. The Morgan fingerprint density at radius 1 is 1.73 bits per heavy atom. The van der Waals surface area contributed by atoms with Gasteiger partial charge in [0.05, 0.1) is 19.3 Å². The second-order valence-corrected chi connectivity index (χ2v) is 2.85. The Hall–Kier alpha value is -0.160. The largest absolute Gasteiger partial charge is 0.379 e. The van der Waals surface area contributed by atoms with Gasteiger partial charge in [0.1, 0.15) is 0 Å². The maximum absolute atomic E-state index is 5.47. The van der Waals surface area contributed by atoms with E-state index in [-0.39, 0.29) is 6.10 Å². The predicted octanol–water partition coefficient (Wildman–Crippen LogP) is -0.277. The van der Waals surface area contributed by atoms with Crippen LogP contribution in [0.5, 0.6) is 0 Å². The van der Waals surface area contributed by atoms with Gasteiger partial charge < -0.3 is 19.9 Å². The van der Waals surface area contributed by atoms with E-state index in [1.165, 1.54) is 0 Å². The van der Waals surface area contributed by atoms with Gasteiger partial charge in [-0.25, -0.2) is 0 Å². The molecule has 0 saturated carbocycles. The molecule has 4 nitrogen and oxygen atoms in total. The Morgan fingerprint density at radius 3 is 2.91 bits per heavy atom. The van der Waals surface area contributed by atoms with Crippen LogP contribution in [0.4, 0.5) is 0 Å². The van der Waals surface area contributed by atoms with Crippen LogP contribution in [-0.2, 0) is 14.2 Å². The second-order valence-electron chi connectivity index (χ2n) is 2.85. The predicted molar refractivity (Wildman–Crippen MR) is 40.2 cm³/mol. The average Bonchev–Trinajstić information content (AvgIpc) is 2.33. The van der Waals surface area contributed by atoms with Crippen LogP contribution in [0, 0.1) is 0 Å². The molecule has 1 fully saturated rings. The minimum Gasteiger partial charge on any atom is -0.379 e. The first kappa shape index (κ1) is 8.93. The van der Waals surface area contributed by atoms with E-state index >= 15 is 0 Å². The highest BCUT2D eigenvalue weighted by atomic mass is 16.8. The lowest BCUT2D eigenvalue weighted by molar-refractivity contribution is -0.183. The highest BCUT2D eigenvalue weighted by Crippen LogP contribution is 2.22. The molecule has 4 heteroatoms. The fourth-order valence-electron chi connectivity index (χ4n) is 1.14. The summed E-state index contributed by atoms with van der Waals surface area (Å²) in [6, 6.07) is 0. The number of hydrogen-bond acceptors (Lipinski definition) is 4. The molecule has 0 aromatic heterocycles. The topological polar surface area (TPSA) is 53.7 Å². The maximum atomic E-state index is 5.47. The SMILES string of the molecule is COCC1(C)OCC(CN)O1. The van der Waals surface area contributed by atoms with E-state index in [1.54, 1.807) is 7.11 Å². The van der Waals surface area contributed by atoms with E-state index < -0.39 is 5.79 Å². The van der Waals surface area contributed by atoms with Crippen molar-refractivity contribution in [1.82, 2.24) is 0 Å². The summed E-state index contributed by atoms with van der Waals surface area (Å²) in [5, 5.41) is 0. The Morgan fingerprint density at radius 2 is 2.45 bits per heavy atom. The summed E-state index contributed by atoms with van der Waals surface area (Å²) in [6.45, 7) is 3.37. The van der Waals surface area contributed by atoms with Crippen molar-refractivity contribution in [2.75, 3.05) is 26.9 Å². The zero-order valence-electron chi connectivity index (χ0n) is 7.00. The van der Waals surface area contributed by atoms with E-state index in [0.29, 0.717) is 19.8 Å². The summed E-state index contributed by atoms with van der Waals surface area (Å²) >= 11 is 0. The third-order valence-electron chi connectivity index (χ3n) is 1.66. The Labute approximate surface area is 66.6 Å². The van der Waals surface area contributed by atoms with Gasteiger partial charge in [-0.1, -0.05) is 0 Å². The van der Waals surface area contributed by atoms with Crippen LogP contribution in [0.15, 0.2) is 0 Å². The average molecular weight is 161 g/mol. The van der Waals surface area contributed by atoms with Gasteiger partial charge in [-0.15, -0.1) is 0 Å². The quantitative estimate of drug-likeness (QED) is 0.618. The number of methoxy groups -OCH3 is 1. The summed E-state index contributed by atoms with van der Waals surface area (Å²) in [4.78, 5) is 0. The lowest BCUT2D eigenvalue weighted by Gasteiger charge is -2.21. The summed E-state index contributed by atoms with van der Waals surface area (Å²) in [5.74, 6) is -0.585. The van der Waals surface area contributed by atoms with Crippen LogP contribution in [0.25, 0.3) is 0 Å². The van der Waals surface area contributed by atoms with Gasteiger partial charge in [0, 0.05) is 13.7 Å². The van der Waals surface area contributed by atoms with E-state index in [9.17, 15) is 0 Å². The van der Waals surface area contributed by atoms with Crippen molar-refractivity contribution < 1.29 is 14.2 Å². The minimum absolute atomic E-state index is 0.0233. The van der Waals surface area contributed by atoms with Gasteiger partial charge in [-0.05, 0) is 6.92 Å². The Kier molecular flexibility index (Phi) is 2.84. The van der Waals surface area contributed by atoms with Crippen molar-refractivity contribution in [3.63, 3.8) is 0 Å². The summed E-state index contributed by atoms with van der Waals surface area (Å²) < 4.78 is 15.8. The third kappa shape index (κ3) is 2.13. The first-order chi connectivity index (χ1) is 5.20. The second kappa shape index (κ2) is 3.49. The van der Waals surface area contributed by atoms with Crippen molar-refractivity contribution in [1.29, 1.82) is 0 Å². The van der Waals surface area contributed by atoms with Gasteiger partial charge in [0.2, 0.25) is 0 Å². The lowest BCUT2D eigenvalue weighted by Crippen LogP contribution is -2.33. The molecule has 1 aliphatic heterocycles. The molecule has 0 amide bonds. The zero-order chi connectivity index (χ0) is 8.32. The van der Waals surface area contributed by atoms with Crippen LogP contribution < -0.4 is 5.73 Å². The molecule has 2 atom stereocenters. The van der Waals surface area contributed by atoms with Gasteiger partial charge in [-0.2, -0.15) is 0 Å². The Bertz CT molecular complexity index is 131. The molecule has 1 heterocycles. The molecule has 2 unspecified atom stereocenters. The fraction of sp³-hybridized carbons (Fsp3) is 1.00. The molecule has 0 aliphatic carbocycles. The van der Waals surface area contributed by atoms with Crippen LogP contribution in [-0.4, -0.2) is 38.8 Å². The molecule has 0 aromatic rings. The summed E-state index contributed by atoms with van der Waals surface area (Å²) in [5.41, 5.74) is 5.41. The molecule has 1 aliphatic rings. The monoisotopic (exact) mass is 161 g/mol.